The molecule has 1 aliphatic carbocycles. The summed E-state index contributed by atoms with van der Waals surface area (Å²) in [6, 6.07) is -0.206. The molecule has 2 aliphatic rings. The van der Waals surface area contributed by atoms with Crippen LogP contribution in [0, 0.1) is 5.92 Å². The second-order valence-corrected chi connectivity index (χ2v) is 5.44. The number of urea groups is 1. The van der Waals surface area contributed by atoms with Crippen molar-refractivity contribution in [3.05, 3.63) is 6.33 Å². The third kappa shape index (κ3) is 3.14. The number of carbonyl (C=O) groups is 2. The standard InChI is InChI=1S/C13H20N6O2/c1-2-19-9-14-12(16-19)15-13(21)18-7-5-17(6-8-18)11(20)10-3-4-10/h9-10H,2-8H2,1H3,(H,15,16,21). The van der Waals surface area contributed by atoms with Crippen LogP contribution >= 0.6 is 0 Å². The topological polar surface area (TPSA) is 83.4 Å². The van der Waals surface area contributed by atoms with Crippen molar-refractivity contribution in [3.63, 3.8) is 0 Å². The van der Waals surface area contributed by atoms with E-state index >= 15 is 0 Å². The number of amides is 3. The molecular formula is C13H20N6O2. The first kappa shape index (κ1) is 13.8. The first-order valence-electron chi connectivity index (χ1n) is 7.41. The van der Waals surface area contributed by atoms with Gasteiger partial charge >= 0.3 is 6.03 Å². The van der Waals surface area contributed by atoms with E-state index in [2.05, 4.69) is 15.4 Å². The molecule has 2 heterocycles. The number of hydrogen-bond acceptors (Lipinski definition) is 4. The molecular weight excluding hydrogens is 272 g/mol. The van der Waals surface area contributed by atoms with Crippen LogP contribution in [0.15, 0.2) is 6.33 Å². The van der Waals surface area contributed by atoms with E-state index < -0.39 is 0 Å². The maximum absolute atomic E-state index is 12.1. The molecule has 8 nitrogen and oxygen atoms in total. The van der Waals surface area contributed by atoms with Gasteiger partial charge in [0.25, 0.3) is 0 Å². The van der Waals surface area contributed by atoms with Crippen molar-refractivity contribution in [2.75, 3.05) is 31.5 Å². The second-order valence-electron chi connectivity index (χ2n) is 5.44. The SMILES string of the molecule is CCn1cnc(NC(=O)N2CCN(C(=O)C3CC3)CC2)n1. The molecule has 1 saturated heterocycles. The van der Waals surface area contributed by atoms with Gasteiger partial charge in [0.15, 0.2) is 0 Å². The van der Waals surface area contributed by atoms with Crippen molar-refractivity contribution in [3.8, 4) is 0 Å². The summed E-state index contributed by atoms with van der Waals surface area (Å²) in [5, 5.41) is 6.81. The highest BCUT2D eigenvalue weighted by molar-refractivity contribution is 5.87. The van der Waals surface area contributed by atoms with Gasteiger partial charge in [0.05, 0.1) is 0 Å². The van der Waals surface area contributed by atoms with Gasteiger partial charge in [-0.15, -0.1) is 5.10 Å². The number of hydrogen-bond donors (Lipinski definition) is 1. The number of aromatic nitrogens is 3. The summed E-state index contributed by atoms with van der Waals surface area (Å²) in [4.78, 5) is 31.6. The molecule has 0 radical (unpaired) electrons. The fraction of sp³-hybridized carbons (Fsp3) is 0.692. The Balaban J connectivity index is 1.49. The van der Waals surface area contributed by atoms with E-state index in [-0.39, 0.29) is 17.9 Å². The predicted octanol–water partition coefficient (Wildman–Crippen LogP) is 0.384. The van der Waals surface area contributed by atoms with Gasteiger partial charge < -0.3 is 9.80 Å². The fourth-order valence-corrected chi connectivity index (χ4v) is 2.40. The van der Waals surface area contributed by atoms with Gasteiger partial charge in [-0.05, 0) is 19.8 Å². The Kier molecular flexibility index (Phi) is 3.76. The number of aryl methyl sites for hydroxylation is 1. The molecule has 114 valence electrons. The van der Waals surface area contributed by atoms with E-state index in [1.54, 1.807) is 15.9 Å². The number of piperazine rings is 1. The first-order valence-corrected chi connectivity index (χ1v) is 7.41. The minimum atomic E-state index is -0.206. The summed E-state index contributed by atoms with van der Waals surface area (Å²) in [6.07, 6.45) is 3.62. The van der Waals surface area contributed by atoms with Crippen LogP contribution in [0.3, 0.4) is 0 Å². The molecule has 8 heteroatoms. The van der Waals surface area contributed by atoms with E-state index in [0.717, 1.165) is 12.8 Å². The van der Waals surface area contributed by atoms with Crippen LogP contribution in [0.25, 0.3) is 0 Å². The van der Waals surface area contributed by atoms with Gasteiger partial charge in [0.1, 0.15) is 6.33 Å². The molecule has 1 N–H and O–H groups in total. The molecule has 0 bridgehead atoms. The molecule has 0 atom stereocenters. The lowest BCUT2D eigenvalue weighted by atomic mass is 10.3. The van der Waals surface area contributed by atoms with E-state index in [1.807, 2.05) is 11.8 Å². The molecule has 1 aromatic rings. The smallest absolute Gasteiger partial charge is 0.324 e. The molecule has 0 aromatic carbocycles. The Morgan fingerprint density at radius 3 is 2.48 bits per heavy atom. The Labute approximate surface area is 123 Å². The molecule has 1 saturated carbocycles. The maximum Gasteiger partial charge on any atom is 0.324 e. The van der Waals surface area contributed by atoms with E-state index in [4.69, 9.17) is 0 Å². The average molecular weight is 292 g/mol. The van der Waals surface area contributed by atoms with Crippen molar-refractivity contribution in [2.45, 2.75) is 26.3 Å². The van der Waals surface area contributed by atoms with Crippen molar-refractivity contribution >= 4 is 17.9 Å². The Hall–Kier alpha value is -2.12. The quantitative estimate of drug-likeness (QED) is 0.873. The number of anilines is 1. The number of rotatable bonds is 3. The predicted molar refractivity (Wildman–Crippen MR) is 75.6 cm³/mol. The van der Waals surface area contributed by atoms with Crippen LogP contribution in [0.5, 0.6) is 0 Å². The summed E-state index contributed by atoms with van der Waals surface area (Å²) in [5.74, 6) is 0.810. The maximum atomic E-state index is 12.1. The molecule has 3 rings (SSSR count). The highest BCUT2D eigenvalue weighted by Crippen LogP contribution is 2.31. The first-order chi connectivity index (χ1) is 10.2. The normalized spacial score (nSPS) is 18.7. The van der Waals surface area contributed by atoms with Crippen molar-refractivity contribution in [1.29, 1.82) is 0 Å². The summed E-state index contributed by atoms with van der Waals surface area (Å²) in [6.45, 7) is 5.00. The lowest BCUT2D eigenvalue weighted by molar-refractivity contribution is -0.133. The lowest BCUT2D eigenvalue weighted by Gasteiger charge is -2.34. The number of nitrogens with one attached hydrogen (secondary N) is 1. The zero-order valence-corrected chi connectivity index (χ0v) is 12.2. The average Bonchev–Trinajstić information content (AvgIpc) is 3.27. The van der Waals surface area contributed by atoms with Gasteiger partial charge in [0, 0.05) is 38.6 Å². The van der Waals surface area contributed by atoms with Crippen molar-refractivity contribution in [1.82, 2.24) is 24.6 Å². The molecule has 21 heavy (non-hydrogen) atoms. The van der Waals surface area contributed by atoms with Crippen LogP contribution in [0.2, 0.25) is 0 Å². The summed E-state index contributed by atoms with van der Waals surface area (Å²) in [7, 11) is 0. The van der Waals surface area contributed by atoms with Gasteiger partial charge in [-0.25, -0.2) is 9.78 Å². The number of nitrogens with zero attached hydrogens (tertiary/aromatic N) is 5. The summed E-state index contributed by atoms with van der Waals surface area (Å²) >= 11 is 0. The molecule has 0 unspecified atom stereocenters. The van der Waals surface area contributed by atoms with Crippen LogP contribution in [0.4, 0.5) is 10.7 Å². The second kappa shape index (κ2) is 5.71. The minimum absolute atomic E-state index is 0.206. The van der Waals surface area contributed by atoms with Gasteiger partial charge in [0.2, 0.25) is 11.9 Å². The lowest BCUT2D eigenvalue weighted by Crippen LogP contribution is -2.52. The molecule has 2 fully saturated rings. The highest BCUT2D eigenvalue weighted by atomic mass is 16.2. The van der Waals surface area contributed by atoms with Crippen molar-refractivity contribution < 1.29 is 9.59 Å². The van der Waals surface area contributed by atoms with Gasteiger partial charge in [-0.3, -0.25) is 14.8 Å². The van der Waals surface area contributed by atoms with Crippen LogP contribution in [0.1, 0.15) is 19.8 Å². The Morgan fingerprint density at radius 2 is 1.90 bits per heavy atom. The Bertz CT molecular complexity index is 531. The van der Waals surface area contributed by atoms with Crippen LogP contribution < -0.4 is 5.32 Å². The fourth-order valence-electron chi connectivity index (χ4n) is 2.40. The zero-order chi connectivity index (χ0) is 14.8. The third-order valence-corrected chi connectivity index (χ3v) is 3.88. The molecule has 1 aliphatic heterocycles. The zero-order valence-electron chi connectivity index (χ0n) is 12.2. The molecule has 1 aromatic heterocycles. The monoisotopic (exact) mass is 292 g/mol. The number of carbonyl (C=O) groups excluding carboxylic acids is 2. The van der Waals surface area contributed by atoms with Gasteiger partial charge in [-0.2, -0.15) is 0 Å². The molecule has 3 amide bonds. The highest BCUT2D eigenvalue weighted by Gasteiger charge is 2.35. The third-order valence-electron chi connectivity index (χ3n) is 3.88. The Morgan fingerprint density at radius 1 is 1.24 bits per heavy atom. The molecule has 0 spiro atoms. The van der Waals surface area contributed by atoms with E-state index in [1.165, 1.54) is 0 Å². The largest absolute Gasteiger partial charge is 0.339 e. The van der Waals surface area contributed by atoms with Crippen LogP contribution in [-0.4, -0.2) is 62.7 Å². The van der Waals surface area contributed by atoms with E-state index in [9.17, 15) is 9.59 Å². The summed E-state index contributed by atoms with van der Waals surface area (Å²) in [5.41, 5.74) is 0. The van der Waals surface area contributed by atoms with Crippen LogP contribution in [-0.2, 0) is 11.3 Å². The van der Waals surface area contributed by atoms with Crippen molar-refractivity contribution in [2.24, 2.45) is 5.92 Å². The summed E-state index contributed by atoms with van der Waals surface area (Å²) < 4.78 is 1.65. The van der Waals surface area contributed by atoms with E-state index in [0.29, 0.717) is 38.7 Å². The minimum Gasteiger partial charge on any atom is -0.339 e. The van der Waals surface area contributed by atoms with Gasteiger partial charge in [-0.1, -0.05) is 0 Å².